The van der Waals surface area contributed by atoms with E-state index in [1.165, 1.54) is 0 Å². The van der Waals surface area contributed by atoms with Gasteiger partial charge >= 0.3 is 0 Å². The number of aromatic nitrogens is 2. The maximum Gasteiger partial charge on any atom is 0.243 e. The minimum Gasteiger partial charge on any atom is -0.347 e. The van der Waals surface area contributed by atoms with Gasteiger partial charge in [-0.15, -0.1) is 0 Å². The highest BCUT2D eigenvalue weighted by molar-refractivity contribution is 7.89. The summed E-state index contributed by atoms with van der Waals surface area (Å²) < 4.78 is 28.3. The molecule has 0 bridgehead atoms. The summed E-state index contributed by atoms with van der Waals surface area (Å²) in [7, 11) is 0.354. The minimum atomic E-state index is -3.51. The number of hydrogen-bond donors (Lipinski definition) is 0. The Hall–Kier alpha value is -1.99. The number of nitrogens with zero attached hydrogens (tertiary/aromatic N) is 4. The Labute approximate surface area is 161 Å². The number of aryl methyl sites for hydroxylation is 2. The van der Waals surface area contributed by atoms with Crippen LogP contribution >= 0.6 is 0 Å². The van der Waals surface area contributed by atoms with Crippen LogP contribution in [0.1, 0.15) is 36.1 Å². The van der Waals surface area contributed by atoms with Gasteiger partial charge in [-0.25, -0.2) is 18.4 Å². The van der Waals surface area contributed by atoms with Crippen LogP contribution in [0.4, 0.5) is 5.95 Å². The molecule has 1 saturated heterocycles. The van der Waals surface area contributed by atoms with Gasteiger partial charge in [0, 0.05) is 38.8 Å². The van der Waals surface area contributed by atoms with E-state index < -0.39 is 10.0 Å². The van der Waals surface area contributed by atoms with Crippen molar-refractivity contribution < 1.29 is 8.42 Å². The standard InChI is InChI=1S/C20H26N4O2S/c1-15-7-4-5-8-17(15)27(25,26)24-12-6-10-20(14-24)11-9-16-13-21-19(23(2)3)22-18(16)20/h4-5,7-8,13H,6,9-12,14H2,1-3H3. The molecule has 2 heterocycles. The molecule has 2 aromatic rings. The van der Waals surface area contributed by atoms with Crippen LogP contribution in [0.25, 0.3) is 0 Å². The molecule has 1 aromatic carbocycles. The zero-order valence-electron chi connectivity index (χ0n) is 16.1. The SMILES string of the molecule is Cc1ccccc1S(=O)(=O)N1CCCC2(CCc3cnc(N(C)C)nc32)C1. The first-order valence-electron chi connectivity index (χ1n) is 9.43. The van der Waals surface area contributed by atoms with Gasteiger partial charge in [0.05, 0.1) is 10.6 Å². The molecule has 4 rings (SSSR count). The molecule has 1 aliphatic heterocycles. The van der Waals surface area contributed by atoms with Crippen LogP contribution in [-0.2, 0) is 21.9 Å². The molecule has 0 radical (unpaired) electrons. The predicted molar refractivity (Wildman–Crippen MR) is 106 cm³/mol. The van der Waals surface area contributed by atoms with Gasteiger partial charge in [0.1, 0.15) is 0 Å². The number of piperidine rings is 1. The molecule has 7 heteroatoms. The summed E-state index contributed by atoms with van der Waals surface area (Å²) in [6, 6.07) is 7.23. The van der Waals surface area contributed by atoms with E-state index in [-0.39, 0.29) is 5.41 Å². The second-order valence-corrected chi connectivity index (χ2v) is 9.83. The zero-order valence-corrected chi connectivity index (χ0v) is 17.0. The summed E-state index contributed by atoms with van der Waals surface area (Å²) in [5.41, 5.74) is 2.81. The molecule has 1 fully saturated rings. The lowest BCUT2D eigenvalue weighted by Crippen LogP contribution is -2.48. The number of rotatable bonds is 3. The lowest BCUT2D eigenvalue weighted by molar-refractivity contribution is 0.219. The van der Waals surface area contributed by atoms with Gasteiger partial charge in [0.2, 0.25) is 16.0 Å². The van der Waals surface area contributed by atoms with Crippen molar-refractivity contribution >= 4 is 16.0 Å². The molecule has 0 saturated carbocycles. The van der Waals surface area contributed by atoms with Crippen LogP contribution in [0.15, 0.2) is 35.4 Å². The third-order valence-corrected chi connectivity index (χ3v) is 7.89. The Bertz CT molecular complexity index is 970. The van der Waals surface area contributed by atoms with E-state index in [2.05, 4.69) is 4.98 Å². The molecule has 0 amide bonds. The Morgan fingerprint density at radius 2 is 1.96 bits per heavy atom. The summed E-state index contributed by atoms with van der Waals surface area (Å²) in [6.07, 6.45) is 5.60. The van der Waals surface area contributed by atoms with Crippen molar-refractivity contribution in [2.45, 2.75) is 42.9 Å². The van der Waals surface area contributed by atoms with E-state index in [4.69, 9.17) is 4.98 Å². The number of sulfonamides is 1. The van der Waals surface area contributed by atoms with Gasteiger partial charge in [-0.3, -0.25) is 0 Å². The first kappa shape index (κ1) is 18.4. The highest BCUT2D eigenvalue weighted by Gasteiger charge is 2.46. The summed E-state index contributed by atoms with van der Waals surface area (Å²) in [5, 5.41) is 0. The van der Waals surface area contributed by atoms with Crippen LogP contribution in [0.5, 0.6) is 0 Å². The van der Waals surface area contributed by atoms with Crippen molar-refractivity contribution in [3.63, 3.8) is 0 Å². The predicted octanol–water partition coefficient (Wildman–Crippen LogP) is 2.52. The third-order valence-electron chi connectivity index (χ3n) is 5.88. The molecule has 6 nitrogen and oxygen atoms in total. The van der Waals surface area contributed by atoms with E-state index in [0.29, 0.717) is 23.9 Å². The van der Waals surface area contributed by atoms with Crippen molar-refractivity contribution in [3.05, 3.63) is 47.3 Å². The second kappa shape index (κ2) is 6.56. The largest absolute Gasteiger partial charge is 0.347 e. The maximum absolute atomic E-state index is 13.3. The average molecular weight is 387 g/mol. The van der Waals surface area contributed by atoms with E-state index in [9.17, 15) is 8.42 Å². The van der Waals surface area contributed by atoms with Gasteiger partial charge in [0.25, 0.3) is 0 Å². The van der Waals surface area contributed by atoms with Gasteiger partial charge < -0.3 is 4.90 Å². The van der Waals surface area contributed by atoms with Gasteiger partial charge in [-0.05, 0) is 49.8 Å². The van der Waals surface area contributed by atoms with Crippen LogP contribution in [0.3, 0.4) is 0 Å². The van der Waals surface area contributed by atoms with Gasteiger partial charge in [0.15, 0.2) is 0 Å². The minimum absolute atomic E-state index is 0.197. The number of hydrogen-bond acceptors (Lipinski definition) is 5. The number of benzene rings is 1. The van der Waals surface area contributed by atoms with Crippen molar-refractivity contribution in [2.75, 3.05) is 32.1 Å². The molecule has 0 N–H and O–H groups in total. The fourth-order valence-electron chi connectivity index (χ4n) is 4.42. The van der Waals surface area contributed by atoms with E-state index in [0.717, 1.165) is 42.5 Å². The normalized spacial score (nSPS) is 22.8. The average Bonchev–Trinajstić information content (AvgIpc) is 2.99. The van der Waals surface area contributed by atoms with Crippen LogP contribution in [-0.4, -0.2) is 49.9 Å². The van der Waals surface area contributed by atoms with Crippen molar-refractivity contribution in [1.82, 2.24) is 14.3 Å². The van der Waals surface area contributed by atoms with E-state index in [1.807, 2.05) is 44.2 Å². The van der Waals surface area contributed by atoms with E-state index >= 15 is 0 Å². The molecule has 144 valence electrons. The van der Waals surface area contributed by atoms with Crippen molar-refractivity contribution in [3.8, 4) is 0 Å². The lowest BCUT2D eigenvalue weighted by Gasteiger charge is -2.40. The lowest BCUT2D eigenvalue weighted by atomic mass is 9.78. The summed E-state index contributed by atoms with van der Waals surface area (Å²) in [4.78, 5) is 11.6. The molecule has 27 heavy (non-hydrogen) atoms. The molecule has 2 aliphatic rings. The maximum atomic E-state index is 13.3. The monoisotopic (exact) mass is 386 g/mol. The fraction of sp³-hybridized carbons (Fsp3) is 0.500. The Kier molecular flexibility index (Phi) is 4.47. The summed E-state index contributed by atoms with van der Waals surface area (Å²) in [6.45, 7) is 2.92. The summed E-state index contributed by atoms with van der Waals surface area (Å²) in [5.74, 6) is 0.689. The Balaban J connectivity index is 1.71. The Morgan fingerprint density at radius 3 is 2.70 bits per heavy atom. The van der Waals surface area contributed by atoms with Crippen LogP contribution in [0.2, 0.25) is 0 Å². The molecule has 1 aromatic heterocycles. The molecular formula is C20H26N4O2S. The highest BCUT2D eigenvalue weighted by Crippen LogP contribution is 2.45. The molecule has 1 atom stereocenters. The first-order chi connectivity index (χ1) is 12.8. The molecular weight excluding hydrogens is 360 g/mol. The molecule has 1 spiro atoms. The smallest absolute Gasteiger partial charge is 0.243 e. The Morgan fingerprint density at radius 1 is 1.19 bits per heavy atom. The van der Waals surface area contributed by atoms with Crippen LogP contribution < -0.4 is 4.90 Å². The van der Waals surface area contributed by atoms with Gasteiger partial charge in [-0.1, -0.05) is 18.2 Å². The summed E-state index contributed by atoms with van der Waals surface area (Å²) >= 11 is 0. The number of anilines is 1. The van der Waals surface area contributed by atoms with Gasteiger partial charge in [-0.2, -0.15) is 4.31 Å². The molecule has 1 unspecified atom stereocenters. The van der Waals surface area contributed by atoms with Crippen molar-refractivity contribution in [2.24, 2.45) is 0 Å². The van der Waals surface area contributed by atoms with Crippen molar-refractivity contribution in [1.29, 1.82) is 0 Å². The topological polar surface area (TPSA) is 66.4 Å². The first-order valence-corrected chi connectivity index (χ1v) is 10.9. The van der Waals surface area contributed by atoms with Crippen LogP contribution in [0, 0.1) is 6.92 Å². The van der Waals surface area contributed by atoms with E-state index in [1.54, 1.807) is 16.4 Å². The second-order valence-electron chi connectivity index (χ2n) is 7.93. The quantitative estimate of drug-likeness (QED) is 0.811. The third kappa shape index (κ3) is 3.02. The number of fused-ring (bicyclic) bond motifs is 2. The zero-order chi connectivity index (χ0) is 19.2. The molecule has 1 aliphatic carbocycles. The highest BCUT2D eigenvalue weighted by atomic mass is 32.2. The fourth-order valence-corrected chi connectivity index (χ4v) is 6.21.